The van der Waals surface area contributed by atoms with Crippen LogP contribution in [0.1, 0.15) is 37.0 Å². The van der Waals surface area contributed by atoms with Gasteiger partial charge in [-0.25, -0.2) is 15.8 Å². The Labute approximate surface area is 124 Å². The molecule has 0 aliphatic carbocycles. The molecule has 2 rings (SSSR count). The Hall–Kier alpha value is -1.24. The Morgan fingerprint density at radius 1 is 1.30 bits per heavy atom. The zero-order valence-electron chi connectivity index (χ0n) is 12.8. The number of thiophene rings is 1. The average Bonchev–Trinajstić information content (AvgIpc) is 2.70. The van der Waals surface area contributed by atoms with Crippen LogP contribution in [-0.2, 0) is 6.54 Å². The van der Waals surface area contributed by atoms with E-state index < -0.39 is 0 Å². The Balaban J connectivity index is 2.46. The number of rotatable bonds is 5. The van der Waals surface area contributed by atoms with Crippen molar-refractivity contribution >= 4 is 27.4 Å². The van der Waals surface area contributed by atoms with E-state index in [9.17, 15) is 0 Å². The maximum absolute atomic E-state index is 5.64. The highest BCUT2D eigenvalue weighted by molar-refractivity contribution is 7.18. The zero-order valence-corrected chi connectivity index (χ0v) is 13.6. The van der Waals surface area contributed by atoms with Gasteiger partial charge in [0.25, 0.3) is 0 Å². The molecule has 0 bridgehead atoms. The minimum absolute atomic E-state index is 0.473. The summed E-state index contributed by atoms with van der Waals surface area (Å²) in [5.41, 5.74) is 3.93. The summed E-state index contributed by atoms with van der Waals surface area (Å²) < 4.78 is 0. The summed E-state index contributed by atoms with van der Waals surface area (Å²) in [7, 11) is 0. The van der Waals surface area contributed by atoms with Gasteiger partial charge in [-0.15, -0.1) is 11.3 Å². The fourth-order valence-corrected chi connectivity index (χ4v) is 3.36. The van der Waals surface area contributed by atoms with Crippen LogP contribution in [0.3, 0.4) is 0 Å². The molecule has 0 spiro atoms. The summed E-state index contributed by atoms with van der Waals surface area (Å²) >= 11 is 1.70. The first-order chi connectivity index (χ1) is 9.47. The lowest BCUT2D eigenvalue weighted by molar-refractivity contribution is 0.219. The highest BCUT2D eigenvalue weighted by Gasteiger charge is 2.16. The van der Waals surface area contributed by atoms with Gasteiger partial charge in [-0.2, -0.15) is 0 Å². The van der Waals surface area contributed by atoms with Crippen LogP contribution in [0.15, 0.2) is 0 Å². The molecule has 0 fully saturated rings. The fourth-order valence-electron chi connectivity index (χ4n) is 2.31. The topological polar surface area (TPSA) is 67.1 Å². The number of aryl methyl sites for hydroxylation is 2. The van der Waals surface area contributed by atoms with Gasteiger partial charge in [0, 0.05) is 10.9 Å². The van der Waals surface area contributed by atoms with Crippen molar-refractivity contribution in [3.63, 3.8) is 0 Å². The molecule has 110 valence electrons. The summed E-state index contributed by atoms with van der Waals surface area (Å²) in [5, 5.41) is 1.05. The van der Waals surface area contributed by atoms with E-state index in [-0.39, 0.29) is 0 Å². The van der Waals surface area contributed by atoms with Gasteiger partial charge in [0.1, 0.15) is 10.7 Å². The van der Waals surface area contributed by atoms with Crippen LogP contribution < -0.4 is 11.3 Å². The maximum atomic E-state index is 5.64. The highest BCUT2D eigenvalue weighted by Crippen LogP contribution is 2.32. The van der Waals surface area contributed by atoms with Gasteiger partial charge in [-0.3, -0.25) is 4.90 Å². The van der Waals surface area contributed by atoms with Gasteiger partial charge >= 0.3 is 0 Å². The number of hydrazine groups is 1. The first kappa shape index (κ1) is 15.2. The molecule has 2 aromatic heterocycles. The second-order valence-corrected chi connectivity index (χ2v) is 6.46. The van der Waals surface area contributed by atoms with Crippen LogP contribution in [0.4, 0.5) is 5.82 Å². The average molecular weight is 293 g/mol. The van der Waals surface area contributed by atoms with E-state index in [0.717, 1.165) is 34.9 Å². The van der Waals surface area contributed by atoms with Gasteiger partial charge in [0.15, 0.2) is 5.82 Å². The second kappa shape index (κ2) is 6.03. The molecule has 0 radical (unpaired) electrons. The molecule has 20 heavy (non-hydrogen) atoms. The molecule has 0 aliphatic heterocycles. The fraction of sp³-hybridized carbons (Fsp3) is 0.571. The molecule has 3 N–H and O–H groups in total. The third kappa shape index (κ3) is 2.77. The summed E-state index contributed by atoms with van der Waals surface area (Å²) in [4.78, 5) is 13.9. The number of nitrogen functional groups attached to an aromatic ring is 1. The Morgan fingerprint density at radius 3 is 2.55 bits per heavy atom. The quantitative estimate of drug-likeness (QED) is 0.655. The summed E-state index contributed by atoms with van der Waals surface area (Å²) in [6.07, 6.45) is 0. The molecule has 6 heteroatoms. The Morgan fingerprint density at radius 2 is 2.00 bits per heavy atom. The molecule has 0 atom stereocenters. The number of hydrogen-bond acceptors (Lipinski definition) is 6. The van der Waals surface area contributed by atoms with Crippen molar-refractivity contribution in [3.8, 4) is 0 Å². The first-order valence-corrected chi connectivity index (χ1v) is 7.76. The van der Waals surface area contributed by atoms with Crippen molar-refractivity contribution in [2.45, 2.75) is 47.2 Å². The van der Waals surface area contributed by atoms with Gasteiger partial charge in [-0.05, 0) is 39.8 Å². The van der Waals surface area contributed by atoms with E-state index in [1.165, 1.54) is 10.4 Å². The van der Waals surface area contributed by atoms with Crippen LogP contribution in [0, 0.1) is 13.8 Å². The zero-order chi connectivity index (χ0) is 14.9. The van der Waals surface area contributed by atoms with E-state index >= 15 is 0 Å². The molecule has 0 amide bonds. The lowest BCUT2D eigenvalue weighted by Crippen LogP contribution is -2.31. The van der Waals surface area contributed by atoms with E-state index in [0.29, 0.717) is 6.04 Å². The van der Waals surface area contributed by atoms with Crippen molar-refractivity contribution in [1.82, 2.24) is 14.9 Å². The smallest absolute Gasteiger partial charge is 0.152 e. The van der Waals surface area contributed by atoms with Crippen molar-refractivity contribution in [3.05, 3.63) is 16.3 Å². The van der Waals surface area contributed by atoms with Gasteiger partial charge in [-0.1, -0.05) is 6.92 Å². The van der Waals surface area contributed by atoms with Crippen LogP contribution in [0.25, 0.3) is 10.2 Å². The number of hydrogen-bond donors (Lipinski definition) is 2. The van der Waals surface area contributed by atoms with E-state index in [2.05, 4.69) is 49.9 Å². The van der Waals surface area contributed by atoms with Crippen LogP contribution in [0.2, 0.25) is 0 Å². The second-order valence-electron chi connectivity index (χ2n) is 5.25. The summed E-state index contributed by atoms with van der Waals surface area (Å²) in [6.45, 7) is 12.4. The minimum Gasteiger partial charge on any atom is -0.308 e. The molecular weight excluding hydrogens is 270 g/mol. The largest absolute Gasteiger partial charge is 0.308 e. The molecule has 0 saturated carbocycles. The highest BCUT2D eigenvalue weighted by atomic mass is 32.1. The van der Waals surface area contributed by atoms with Crippen LogP contribution in [-0.4, -0.2) is 27.5 Å². The van der Waals surface area contributed by atoms with Gasteiger partial charge in [0.2, 0.25) is 0 Å². The number of nitrogens with zero attached hydrogens (tertiary/aromatic N) is 3. The maximum Gasteiger partial charge on any atom is 0.152 e. The van der Waals surface area contributed by atoms with Crippen molar-refractivity contribution < 1.29 is 0 Å². The predicted molar refractivity (Wildman–Crippen MR) is 85.9 cm³/mol. The Bertz CT molecular complexity index is 605. The summed E-state index contributed by atoms with van der Waals surface area (Å²) in [6, 6.07) is 0.473. The number of aromatic nitrogens is 2. The molecule has 0 unspecified atom stereocenters. The third-order valence-corrected chi connectivity index (χ3v) is 4.79. The van der Waals surface area contributed by atoms with Crippen LogP contribution in [0.5, 0.6) is 0 Å². The molecule has 0 aliphatic rings. The van der Waals surface area contributed by atoms with Crippen molar-refractivity contribution in [2.24, 2.45) is 5.84 Å². The normalized spacial score (nSPS) is 11.8. The lowest BCUT2D eigenvalue weighted by atomic mass is 10.2. The molecule has 2 aromatic rings. The van der Waals surface area contributed by atoms with E-state index in [1.54, 1.807) is 11.3 Å². The monoisotopic (exact) mass is 293 g/mol. The van der Waals surface area contributed by atoms with Crippen molar-refractivity contribution in [2.75, 3.05) is 12.0 Å². The Kier molecular flexibility index (Phi) is 4.57. The summed E-state index contributed by atoms with van der Waals surface area (Å²) in [5.74, 6) is 7.19. The standard InChI is InChI=1S/C14H23N5S/c1-6-19(8(2)3)7-11-16-13(18-15)12-9(4)10(5)20-14(12)17-11/h8H,6-7,15H2,1-5H3,(H,16,17,18). The number of fused-ring (bicyclic) bond motifs is 1. The van der Waals surface area contributed by atoms with E-state index in [1.807, 2.05) is 0 Å². The molecule has 2 heterocycles. The number of nitrogens with two attached hydrogens (primary N) is 1. The van der Waals surface area contributed by atoms with Gasteiger partial charge in [0.05, 0.1) is 11.9 Å². The molecular formula is C14H23N5S. The molecule has 0 aromatic carbocycles. The minimum atomic E-state index is 0.473. The van der Waals surface area contributed by atoms with Crippen molar-refractivity contribution in [1.29, 1.82) is 0 Å². The third-order valence-electron chi connectivity index (χ3n) is 3.69. The lowest BCUT2D eigenvalue weighted by Gasteiger charge is -2.23. The number of anilines is 1. The molecule has 0 saturated heterocycles. The van der Waals surface area contributed by atoms with Crippen LogP contribution >= 0.6 is 11.3 Å². The SMILES string of the molecule is CCN(Cc1nc(NN)c2c(C)c(C)sc2n1)C(C)C. The molecule has 5 nitrogen and oxygen atoms in total. The van der Waals surface area contributed by atoms with Gasteiger partial charge < -0.3 is 5.43 Å². The first-order valence-electron chi connectivity index (χ1n) is 6.95. The van der Waals surface area contributed by atoms with E-state index in [4.69, 9.17) is 10.8 Å². The predicted octanol–water partition coefficient (Wildman–Crippen LogP) is 2.82. The number of nitrogens with one attached hydrogen (secondary N) is 1.